The summed E-state index contributed by atoms with van der Waals surface area (Å²) in [6, 6.07) is 6.58. The van der Waals surface area contributed by atoms with Crippen molar-refractivity contribution in [2.45, 2.75) is 6.54 Å². The summed E-state index contributed by atoms with van der Waals surface area (Å²) < 4.78 is 1.17. The first-order chi connectivity index (χ1) is 9.88. The Morgan fingerprint density at radius 1 is 1.14 bits per heavy atom. The normalized spacial score (nSPS) is 10.3. The third kappa shape index (κ3) is 3.03. The van der Waals surface area contributed by atoms with Gasteiger partial charge in [-0.05, 0) is 5.56 Å². The van der Waals surface area contributed by atoms with Gasteiger partial charge in [0.25, 0.3) is 11.4 Å². The highest BCUT2D eigenvalue weighted by Gasteiger charge is 2.19. The molecule has 0 aliphatic rings. The summed E-state index contributed by atoms with van der Waals surface area (Å²) in [5, 5.41) is 30.4. The van der Waals surface area contributed by atoms with Crippen molar-refractivity contribution >= 4 is 17.3 Å². The lowest BCUT2D eigenvalue weighted by Crippen LogP contribution is -2.08. The molecule has 1 N–H and O–H groups in total. The fourth-order valence-electron chi connectivity index (χ4n) is 1.87. The zero-order valence-corrected chi connectivity index (χ0v) is 10.5. The maximum absolute atomic E-state index is 11.1. The number of nitro groups is 2. The monoisotopic (exact) mass is 291 g/mol. The van der Waals surface area contributed by atoms with Crippen molar-refractivity contribution in [1.82, 2.24) is 4.57 Å². The van der Waals surface area contributed by atoms with Gasteiger partial charge in [0, 0.05) is 24.7 Å². The van der Waals surface area contributed by atoms with E-state index >= 15 is 0 Å². The number of aromatic nitrogens is 1. The van der Waals surface area contributed by atoms with Crippen LogP contribution in [-0.4, -0.2) is 25.5 Å². The number of benzene rings is 1. The van der Waals surface area contributed by atoms with Crippen LogP contribution in [0.4, 0.5) is 11.4 Å². The summed E-state index contributed by atoms with van der Waals surface area (Å²) in [5.74, 6) is -1.31. The van der Waals surface area contributed by atoms with Crippen LogP contribution in [0.1, 0.15) is 16.1 Å². The lowest BCUT2D eigenvalue weighted by Gasteiger charge is -2.05. The quantitative estimate of drug-likeness (QED) is 0.663. The maximum atomic E-state index is 11.1. The molecular formula is C12H9N3O6. The molecule has 0 fully saturated rings. The second-order valence-corrected chi connectivity index (χ2v) is 4.20. The first kappa shape index (κ1) is 14.2. The van der Waals surface area contributed by atoms with Gasteiger partial charge in [0.1, 0.15) is 5.69 Å². The molecule has 0 aliphatic heterocycles. The lowest BCUT2D eigenvalue weighted by molar-refractivity contribution is -0.385. The zero-order chi connectivity index (χ0) is 15.6. The number of carboxylic acids is 1. The average Bonchev–Trinajstić information content (AvgIpc) is 2.83. The molecule has 108 valence electrons. The second kappa shape index (κ2) is 5.41. The molecule has 9 heteroatoms. The van der Waals surface area contributed by atoms with E-state index in [1.165, 1.54) is 22.8 Å². The highest BCUT2D eigenvalue weighted by Crippen LogP contribution is 2.20. The summed E-state index contributed by atoms with van der Waals surface area (Å²) in [5.41, 5.74) is -0.269. The van der Waals surface area contributed by atoms with Gasteiger partial charge < -0.3 is 9.67 Å². The van der Waals surface area contributed by atoms with Crippen LogP contribution in [0.3, 0.4) is 0 Å². The van der Waals surface area contributed by atoms with Crippen molar-refractivity contribution in [3.8, 4) is 0 Å². The van der Waals surface area contributed by atoms with Crippen LogP contribution in [0.15, 0.2) is 36.5 Å². The predicted molar refractivity (Wildman–Crippen MR) is 70.2 cm³/mol. The SMILES string of the molecule is O=C(O)c1cc([N+](=O)[O-])cn1Cc1cccc([N+](=O)[O-])c1. The number of rotatable bonds is 5. The fourth-order valence-corrected chi connectivity index (χ4v) is 1.87. The number of non-ortho nitro benzene ring substituents is 1. The Bertz CT molecular complexity index is 736. The third-order valence-corrected chi connectivity index (χ3v) is 2.79. The van der Waals surface area contributed by atoms with Gasteiger partial charge in [-0.1, -0.05) is 12.1 Å². The van der Waals surface area contributed by atoms with Gasteiger partial charge in [-0.2, -0.15) is 0 Å². The van der Waals surface area contributed by atoms with Crippen molar-refractivity contribution in [2.75, 3.05) is 0 Å². The molecule has 2 aromatic rings. The number of aromatic carboxylic acids is 1. The Kier molecular flexibility index (Phi) is 3.65. The number of nitrogens with zero attached hydrogens (tertiary/aromatic N) is 3. The Morgan fingerprint density at radius 3 is 2.38 bits per heavy atom. The molecule has 0 atom stereocenters. The molecule has 1 heterocycles. The van der Waals surface area contributed by atoms with Gasteiger partial charge in [0.2, 0.25) is 0 Å². The number of carboxylic acid groups (broad SMARTS) is 1. The Labute approximate surface area is 117 Å². The maximum Gasteiger partial charge on any atom is 0.352 e. The van der Waals surface area contributed by atoms with Crippen molar-refractivity contribution in [2.24, 2.45) is 0 Å². The van der Waals surface area contributed by atoms with Gasteiger partial charge >= 0.3 is 5.97 Å². The molecule has 0 amide bonds. The summed E-state index contributed by atoms with van der Waals surface area (Å²) >= 11 is 0. The fraction of sp³-hybridized carbons (Fsp3) is 0.0833. The van der Waals surface area contributed by atoms with E-state index in [0.717, 1.165) is 12.3 Å². The van der Waals surface area contributed by atoms with Crippen molar-refractivity contribution in [1.29, 1.82) is 0 Å². The van der Waals surface area contributed by atoms with Crippen molar-refractivity contribution in [3.63, 3.8) is 0 Å². The molecule has 0 unspecified atom stereocenters. The molecule has 1 aromatic carbocycles. The Balaban J connectivity index is 2.39. The van der Waals surface area contributed by atoms with Gasteiger partial charge in [0.05, 0.1) is 16.0 Å². The summed E-state index contributed by atoms with van der Waals surface area (Å²) in [6.45, 7) is -0.0167. The van der Waals surface area contributed by atoms with Crippen LogP contribution in [0.25, 0.3) is 0 Å². The van der Waals surface area contributed by atoms with E-state index in [1.54, 1.807) is 6.07 Å². The first-order valence-electron chi connectivity index (χ1n) is 5.69. The van der Waals surface area contributed by atoms with Crippen LogP contribution in [0, 0.1) is 20.2 Å². The molecule has 0 saturated heterocycles. The number of hydrogen-bond donors (Lipinski definition) is 1. The summed E-state index contributed by atoms with van der Waals surface area (Å²) in [4.78, 5) is 31.2. The number of carbonyl (C=O) groups is 1. The molecule has 1 aromatic heterocycles. The Hall–Kier alpha value is -3.23. The minimum atomic E-state index is -1.31. The molecule has 0 radical (unpaired) electrons. The molecular weight excluding hydrogens is 282 g/mol. The van der Waals surface area contributed by atoms with E-state index < -0.39 is 15.8 Å². The van der Waals surface area contributed by atoms with Crippen LogP contribution in [0.2, 0.25) is 0 Å². The topological polar surface area (TPSA) is 129 Å². The van der Waals surface area contributed by atoms with Gasteiger partial charge in [-0.25, -0.2) is 4.79 Å². The largest absolute Gasteiger partial charge is 0.477 e. The van der Waals surface area contributed by atoms with Crippen LogP contribution in [0.5, 0.6) is 0 Å². The second-order valence-electron chi connectivity index (χ2n) is 4.20. The Morgan fingerprint density at radius 2 is 1.81 bits per heavy atom. The van der Waals surface area contributed by atoms with E-state index in [2.05, 4.69) is 0 Å². The number of hydrogen-bond acceptors (Lipinski definition) is 5. The van der Waals surface area contributed by atoms with Crippen molar-refractivity contribution in [3.05, 3.63) is 68.0 Å². The van der Waals surface area contributed by atoms with Crippen LogP contribution < -0.4 is 0 Å². The van der Waals surface area contributed by atoms with Gasteiger partial charge in [-0.15, -0.1) is 0 Å². The van der Waals surface area contributed by atoms with E-state index in [0.29, 0.717) is 5.56 Å². The minimum Gasteiger partial charge on any atom is -0.477 e. The molecule has 9 nitrogen and oxygen atoms in total. The predicted octanol–water partition coefficient (Wildman–Crippen LogP) is 2.05. The van der Waals surface area contributed by atoms with Crippen molar-refractivity contribution < 1.29 is 19.7 Å². The van der Waals surface area contributed by atoms with Crippen LogP contribution in [-0.2, 0) is 6.54 Å². The van der Waals surface area contributed by atoms with E-state index in [4.69, 9.17) is 5.11 Å². The number of nitro benzene ring substituents is 1. The zero-order valence-electron chi connectivity index (χ0n) is 10.5. The molecule has 0 spiro atoms. The average molecular weight is 291 g/mol. The highest BCUT2D eigenvalue weighted by molar-refractivity contribution is 5.87. The van der Waals surface area contributed by atoms with E-state index in [1.807, 2.05) is 0 Å². The molecule has 0 aliphatic carbocycles. The molecule has 21 heavy (non-hydrogen) atoms. The smallest absolute Gasteiger partial charge is 0.352 e. The van der Waals surface area contributed by atoms with Crippen LogP contribution >= 0.6 is 0 Å². The first-order valence-corrected chi connectivity index (χ1v) is 5.69. The molecule has 0 bridgehead atoms. The van der Waals surface area contributed by atoms with Gasteiger partial charge in [-0.3, -0.25) is 20.2 Å². The van der Waals surface area contributed by atoms with E-state index in [-0.39, 0.29) is 23.6 Å². The minimum absolute atomic E-state index is 0.0167. The lowest BCUT2D eigenvalue weighted by atomic mass is 10.2. The van der Waals surface area contributed by atoms with Gasteiger partial charge in [0.15, 0.2) is 0 Å². The molecule has 2 rings (SSSR count). The van der Waals surface area contributed by atoms with E-state index in [9.17, 15) is 25.0 Å². The summed E-state index contributed by atoms with van der Waals surface area (Å²) in [6.07, 6.45) is 1.09. The summed E-state index contributed by atoms with van der Waals surface area (Å²) in [7, 11) is 0. The molecule has 0 saturated carbocycles. The third-order valence-electron chi connectivity index (χ3n) is 2.79. The highest BCUT2D eigenvalue weighted by atomic mass is 16.6. The standard InChI is InChI=1S/C12H9N3O6/c16-12(17)11-5-10(15(20)21)7-13(11)6-8-2-1-3-9(4-8)14(18)19/h1-5,7H,6H2,(H,16,17).